The van der Waals surface area contributed by atoms with Crippen molar-refractivity contribution in [3.05, 3.63) is 15.0 Å². The predicted octanol–water partition coefficient (Wildman–Crippen LogP) is 0.209. The van der Waals surface area contributed by atoms with Gasteiger partial charge in [0.2, 0.25) is 5.88 Å². The molecule has 7 heteroatoms. The molecule has 0 bridgehead atoms. The fourth-order valence-electron chi connectivity index (χ4n) is 2.39. The molecular formula is C11H16N2O4S. The van der Waals surface area contributed by atoms with Crippen molar-refractivity contribution in [1.82, 2.24) is 9.47 Å². The zero-order valence-electron chi connectivity index (χ0n) is 10.4. The molecule has 2 rings (SSSR count). The molecule has 1 aliphatic heterocycles. The van der Waals surface area contributed by atoms with Crippen molar-refractivity contribution in [3.63, 3.8) is 0 Å². The van der Waals surface area contributed by atoms with Gasteiger partial charge in [0.1, 0.15) is 0 Å². The quantitative estimate of drug-likeness (QED) is 0.779. The number of esters is 1. The van der Waals surface area contributed by atoms with Crippen molar-refractivity contribution in [2.75, 3.05) is 27.2 Å². The van der Waals surface area contributed by atoms with E-state index in [0.717, 1.165) is 11.3 Å². The Bertz CT molecular complexity index is 499. The van der Waals surface area contributed by atoms with E-state index >= 15 is 0 Å². The van der Waals surface area contributed by atoms with Crippen LogP contribution in [0, 0.1) is 0 Å². The van der Waals surface area contributed by atoms with Crippen LogP contribution in [0.2, 0.25) is 0 Å². The lowest BCUT2D eigenvalue weighted by atomic mass is 9.87. The van der Waals surface area contributed by atoms with Gasteiger partial charge in [-0.3, -0.25) is 9.36 Å². The first kappa shape index (κ1) is 13.1. The minimum Gasteiger partial charge on any atom is -0.494 e. The molecule has 0 spiro atoms. The lowest BCUT2D eigenvalue weighted by Gasteiger charge is -2.38. The Kier molecular flexibility index (Phi) is 3.45. The minimum atomic E-state index is -1.07. The Balaban J connectivity index is 2.50. The highest BCUT2D eigenvalue weighted by Crippen LogP contribution is 2.33. The summed E-state index contributed by atoms with van der Waals surface area (Å²) in [5.41, 5.74) is -1.07. The molecule has 0 unspecified atom stereocenters. The van der Waals surface area contributed by atoms with E-state index in [-0.39, 0.29) is 10.8 Å². The number of carbonyl (C=O) groups is 1. The summed E-state index contributed by atoms with van der Waals surface area (Å²) < 4.78 is 6.02. The van der Waals surface area contributed by atoms with Crippen molar-refractivity contribution in [1.29, 1.82) is 0 Å². The van der Waals surface area contributed by atoms with Crippen LogP contribution >= 0.6 is 11.3 Å². The average molecular weight is 272 g/mol. The van der Waals surface area contributed by atoms with Crippen LogP contribution in [0.3, 0.4) is 0 Å². The van der Waals surface area contributed by atoms with E-state index in [0.29, 0.717) is 25.9 Å². The highest BCUT2D eigenvalue weighted by atomic mass is 32.1. The monoisotopic (exact) mass is 272 g/mol. The lowest BCUT2D eigenvalue weighted by Crippen LogP contribution is -2.53. The highest BCUT2D eigenvalue weighted by Gasteiger charge is 2.46. The van der Waals surface area contributed by atoms with E-state index in [4.69, 9.17) is 4.74 Å². The third-order valence-corrected chi connectivity index (χ3v) is 4.20. The number of piperidine rings is 1. The maximum atomic E-state index is 12.1. The van der Waals surface area contributed by atoms with Crippen molar-refractivity contribution in [3.8, 4) is 5.88 Å². The molecule has 18 heavy (non-hydrogen) atoms. The van der Waals surface area contributed by atoms with E-state index in [2.05, 4.69) is 4.90 Å². The number of aromatic nitrogens is 1. The number of hydrogen-bond acceptors (Lipinski definition) is 6. The van der Waals surface area contributed by atoms with Gasteiger partial charge < -0.3 is 14.7 Å². The second-order valence-electron chi connectivity index (χ2n) is 4.52. The van der Waals surface area contributed by atoms with Gasteiger partial charge in [-0.25, -0.2) is 4.79 Å². The Morgan fingerprint density at radius 3 is 2.56 bits per heavy atom. The number of likely N-dealkylation sites (tertiary alicyclic amines) is 1. The highest BCUT2D eigenvalue weighted by molar-refractivity contribution is 7.07. The number of aromatic hydroxyl groups is 1. The number of nitrogens with zero attached hydrogens (tertiary/aromatic N) is 2. The summed E-state index contributed by atoms with van der Waals surface area (Å²) in [4.78, 5) is 25.7. The summed E-state index contributed by atoms with van der Waals surface area (Å²) in [6.07, 6.45) is 0.917. The van der Waals surface area contributed by atoms with Gasteiger partial charge in [-0.2, -0.15) is 0 Å². The molecule has 1 fully saturated rings. The van der Waals surface area contributed by atoms with Gasteiger partial charge in [0.05, 0.1) is 12.5 Å². The van der Waals surface area contributed by atoms with Crippen molar-refractivity contribution in [2.45, 2.75) is 18.4 Å². The van der Waals surface area contributed by atoms with Crippen LogP contribution in [0.5, 0.6) is 5.88 Å². The molecule has 1 saturated heterocycles. The average Bonchev–Trinajstić information content (AvgIpc) is 2.70. The van der Waals surface area contributed by atoms with Gasteiger partial charge in [-0.05, 0) is 19.9 Å². The smallest absolute Gasteiger partial charge is 0.332 e. The fourth-order valence-corrected chi connectivity index (χ4v) is 3.08. The van der Waals surface area contributed by atoms with Gasteiger partial charge >= 0.3 is 10.8 Å². The van der Waals surface area contributed by atoms with E-state index in [1.807, 2.05) is 7.05 Å². The van der Waals surface area contributed by atoms with Crippen LogP contribution in [-0.2, 0) is 15.1 Å². The SMILES string of the molecule is COC(=O)C1(n2c(O)csc2=O)CCN(C)CC1. The second-order valence-corrected chi connectivity index (χ2v) is 5.34. The number of thiazole rings is 1. The summed E-state index contributed by atoms with van der Waals surface area (Å²) in [5.74, 6) is -0.633. The maximum absolute atomic E-state index is 12.1. The molecule has 100 valence electrons. The molecule has 1 N–H and O–H groups in total. The molecule has 0 aromatic carbocycles. The lowest BCUT2D eigenvalue weighted by molar-refractivity contribution is -0.154. The van der Waals surface area contributed by atoms with Crippen LogP contribution in [0.4, 0.5) is 0 Å². The molecule has 1 aromatic heterocycles. The Hall–Kier alpha value is -1.34. The van der Waals surface area contributed by atoms with Crippen molar-refractivity contribution >= 4 is 17.3 Å². The Morgan fingerprint density at radius 1 is 1.50 bits per heavy atom. The van der Waals surface area contributed by atoms with E-state index in [9.17, 15) is 14.7 Å². The van der Waals surface area contributed by atoms with Crippen LogP contribution in [-0.4, -0.2) is 47.8 Å². The van der Waals surface area contributed by atoms with Gasteiger partial charge in [0.25, 0.3) is 0 Å². The molecule has 2 heterocycles. The minimum absolute atomic E-state index is 0.167. The van der Waals surface area contributed by atoms with Crippen molar-refractivity contribution < 1.29 is 14.6 Å². The van der Waals surface area contributed by atoms with Crippen LogP contribution in [0.1, 0.15) is 12.8 Å². The molecule has 0 saturated carbocycles. The third-order valence-electron chi connectivity index (χ3n) is 3.48. The first-order valence-electron chi connectivity index (χ1n) is 5.68. The van der Waals surface area contributed by atoms with Gasteiger partial charge in [-0.1, -0.05) is 11.3 Å². The van der Waals surface area contributed by atoms with Crippen LogP contribution in [0.15, 0.2) is 10.2 Å². The Morgan fingerprint density at radius 2 is 2.11 bits per heavy atom. The van der Waals surface area contributed by atoms with Gasteiger partial charge in [-0.15, -0.1) is 0 Å². The molecule has 6 nitrogen and oxygen atoms in total. The number of methoxy groups -OCH3 is 1. The summed E-state index contributed by atoms with van der Waals surface area (Å²) in [5, 5.41) is 11.2. The second kappa shape index (κ2) is 4.74. The molecule has 0 amide bonds. The van der Waals surface area contributed by atoms with Crippen LogP contribution < -0.4 is 4.87 Å². The van der Waals surface area contributed by atoms with E-state index in [1.54, 1.807) is 0 Å². The molecule has 1 aliphatic rings. The van der Waals surface area contributed by atoms with E-state index < -0.39 is 11.5 Å². The predicted molar refractivity (Wildman–Crippen MR) is 67.0 cm³/mol. The van der Waals surface area contributed by atoms with E-state index in [1.165, 1.54) is 17.1 Å². The number of rotatable bonds is 2. The first-order valence-corrected chi connectivity index (χ1v) is 6.56. The number of hydrogen-bond donors (Lipinski definition) is 1. The van der Waals surface area contributed by atoms with Crippen molar-refractivity contribution in [2.24, 2.45) is 0 Å². The largest absolute Gasteiger partial charge is 0.494 e. The normalized spacial score (nSPS) is 19.7. The summed E-state index contributed by atoms with van der Waals surface area (Å²) in [7, 11) is 3.26. The molecule has 0 aliphatic carbocycles. The summed E-state index contributed by atoms with van der Waals surface area (Å²) >= 11 is 0.888. The molecule has 0 atom stereocenters. The fraction of sp³-hybridized carbons (Fsp3) is 0.636. The molecule has 0 radical (unpaired) electrons. The standard InChI is InChI=1S/C11H16N2O4S/c1-12-5-3-11(4-6-12,9(15)17-2)13-8(14)7-18-10(13)16/h7,14H,3-6H2,1-2H3. The van der Waals surface area contributed by atoms with Crippen LogP contribution in [0.25, 0.3) is 0 Å². The summed E-state index contributed by atoms with van der Waals surface area (Å²) in [6, 6.07) is 0. The number of ether oxygens (including phenoxy) is 1. The third kappa shape index (κ3) is 1.93. The van der Waals surface area contributed by atoms with Gasteiger partial charge in [0.15, 0.2) is 5.54 Å². The molecular weight excluding hydrogens is 256 g/mol. The number of carbonyl (C=O) groups excluding carboxylic acids is 1. The zero-order valence-corrected chi connectivity index (χ0v) is 11.2. The Labute approximate surface area is 108 Å². The first-order chi connectivity index (χ1) is 8.51. The molecule has 1 aromatic rings. The topological polar surface area (TPSA) is 71.8 Å². The maximum Gasteiger partial charge on any atom is 0.332 e. The summed E-state index contributed by atoms with van der Waals surface area (Å²) in [6.45, 7) is 1.35. The zero-order chi connectivity index (χ0) is 13.3. The van der Waals surface area contributed by atoms with Gasteiger partial charge in [0, 0.05) is 13.1 Å².